The second kappa shape index (κ2) is 9.61. The summed E-state index contributed by atoms with van der Waals surface area (Å²) in [6, 6.07) is 1.38. The minimum Gasteiger partial charge on any atom is -0.383 e. The molecule has 15 heteroatoms. The summed E-state index contributed by atoms with van der Waals surface area (Å²) < 4.78 is 51.9. The summed E-state index contributed by atoms with van der Waals surface area (Å²) in [5.74, 6) is 0.0101. The summed E-state index contributed by atoms with van der Waals surface area (Å²) in [4.78, 5) is 35.9. The minimum atomic E-state index is -4.56. The highest BCUT2D eigenvalue weighted by atomic mass is 31.2. The van der Waals surface area contributed by atoms with E-state index in [0.29, 0.717) is 0 Å². The molecule has 184 valence electrons. The van der Waals surface area contributed by atoms with Gasteiger partial charge in [-0.25, -0.2) is 13.9 Å². The van der Waals surface area contributed by atoms with E-state index in [1.54, 1.807) is 41.5 Å². The molecule has 0 radical (unpaired) electrons. The smallest absolute Gasteiger partial charge is 0.383 e. The highest BCUT2D eigenvalue weighted by Crippen LogP contribution is 2.52. The summed E-state index contributed by atoms with van der Waals surface area (Å²) >= 11 is 0. The number of rotatable bonds is 8. The molecule has 0 aliphatic carbocycles. The topological polar surface area (TPSA) is 182 Å². The maximum Gasteiger partial charge on any atom is 0.473 e. The normalized spacial score (nSPS) is 25.9. The highest BCUT2D eigenvalue weighted by molar-refractivity contribution is 7.47. The van der Waals surface area contributed by atoms with Gasteiger partial charge in [-0.15, -0.1) is 0 Å². The predicted octanol–water partition coefficient (Wildman–Crippen LogP) is 2.35. The van der Waals surface area contributed by atoms with Gasteiger partial charge in [0.05, 0.1) is 17.8 Å². The number of nitrogens with zero attached hydrogens (tertiary/aromatic N) is 2. The molecule has 1 aliphatic heterocycles. The van der Waals surface area contributed by atoms with Gasteiger partial charge < -0.3 is 20.3 Å². The van der Waals surface area contributed by atoms with Gasteiger partial charge in [-0.1, -0.05) is 0 Å². The van der Waals surface area contributed by atoms with Crippen LogP contribution in [-0.2, 0) is 32.0 Å². The van der Waals surface area contributed by atoms with Gasteiger partial charge in [-0.3, -0.25) is 22.7 Å². The number of hydrogen-bond acceptors (Lipinski definition) is 10. The molecular weight excluding hydrogens is 468 g/mol. The lowest BCUT2D eigenvalue weighted by molar-refractivity contribution is -0.0529. The van der Waals surface area contributed by atoms with E-state index in [0.717, 1.165) is 4.57 Å². The second-order valence-electron chi connectivity index (χ2n) is 9.19. The molecule has 2 heterocycles. The number of phosphoric acid groups is 2. The molecule has 0 spiro atoms. The number of ether oxygens (including phenoxy) is 1. The van der Waals surface area contributed by atoms with Crippen molar-refractivity contribution in [1.82, 2.24) is 9.55 Å². The number of phosphoric ester groups is 2. The number of anilines is 1. The quantitative estimate of drug-likeness (QED) is 0.445. The van der Waals surface area contributed by atoms with Crippen LogP contribution in [0.5, 0.6) is 0 Å². The minimum absolute atomic E-state index is 0.0101. The van der Waals surface area contributed by atoms with E-state index in [-0.39, 0.29) is 12.2 Å². The largest absolute Gasteiger partial charge is 0.473 e. The highest BCUT2D eigenvalue weighted by Gasteiger charge is 2.44. The van der Waals surface area contributed by atoms with Gasteiger partial charge >= 0.3 is 21.3 Å². The molecule has 1 fully saturated rings. The fourth-order valence-electron chi connectivity index (χ4n) is 2.86. The Morgan fingerprint density at radius 3 is 2.25 bits per heavy atom. The Bertz CT molecular complexity index is 955. The first-order chi connectivity index (χ1) is 14.4. The Balaban J connectivity index is 2.23. The molecule has 2 unspecified atom stereocenters. The number of nitrogens with two attached hydrogens (primary N) is 1. The van der Waals surface area contributed by atoms with E-state index >= 15 is 0 Å². The zero-order chi connectivity index (χ0) is 24.5. The molecule has 4 N–H and O–H groups in total. The summed E-state index contributed by atoms with van der Waals surface area (Å²) in [6.07, 6.45) is -1.94. The fourth-order valence-corrected chi connectivity index (χ4v) is 5.24. The van der Waals surface area contributed by atoms with Crippen LogP contribution in [0, 0.1) is 0 Å². The zero-order valence-corrected chi connectivity index (χ0v) is 20.6. The van der Waals surface area contributed by atoms with Crippen LogP contribution in [0.4, 0.5) is 5.82 Å². The van der Waals surface area contributed by atoms with Crippen molar-refractivity contribution in [3.63, 3.8) is 0 Å². The molecule has 0 bridgehead atoms. The molecule has 13 nitrogen and oxygen atoms in total. The molecule has 0 aromatic carbocycles. The maximum absolute atomic E-state index is 12.5. The summed E-state index contributed by atoms with van der Waals surface area (Å²) in [7, 11) is -9.04. The molecule has 1 aromatic rings. The van der Waals surface area contributed by atoms with Crippen LogP contribution in [0.15, 0.2) is 17.1 Å². The molecule has 1 saturated heterocycles. The van der Waals surface area contributed by atoms with Crippen molar-refractivity contribution < 1.29 is 41.7 Å². The van der Waals surface area contributed by atoms with Crippen LogP contribution in [0.2, 0.25) is 0 Å². The van der Waals surface area contributed by atoms with Crippen molar-refractivity contribution >= 4 is 21.5 Å². The maximum atomic E-state index is 12.5. The van der Waals surface area contributed by atoms with Crippen LogP contribution < -0.4 is 11.4 Å². The number of aromatic nitrogens is 2. The predicted molar refractivity (Wildman–Crippen MR) is 114 cm³/mol. The Morgan fingerprint density at radius 2 is 1.72 bits per heavy atom. The van der Waals surface area contributed by atoms with Crippen molar-refractivity contribution in [3.8, 4) is 0 Å². The lowest BCUT2D eigenvalue weighted by atomic mass is 10.2. The Morgan fingerprint density at radius 1 is 1.16 bits per heavy atom. The summed E-state index contributed by atoms with van der Waals surface area (Å²) in [6.45, 7) is 8.88. The second-order valence-corrected chi connectivity index (χ2v) is 11.9. The van der Waals surface area contributed by atoms with Gasteiger partial charge in [0, 0.05) is 12.6 Å². The van der Waals surface area contributed by atoms with E-state index in [4.69, 9.17) is 28.6 Å². The molecule has 0 amide bonds. The zero-order valence-electron chi connectivity index (χ0n) is 18.8. The first-order valence-electron chi connectivity index (χ1n) is 9.76. The molecule has 2 rings (SSSR count). The van der Waals surface area contributed by atoms with Gasteiger partial charge in [0.2, 0.25) is 0 Å². The van der Waals surface area contributed by atoms with Gasteiger partial charge in [0.15, 0.2) is 0 Å². The molecule has 1 aliphatic rings. The lowest BCUT2D eigenvalue weighted by Crippen LogP contribution is -2.30. The molecule has 32 heavy (non-hydrogen) atoms. The lowest BCUT2D eigenvalue weighted by Gasteiger charge is -2.27. The van der Waals surface area contributed by atoms with Crippen LogP contribution in [0.25, 0.3) is 0 Å². The average molecular weight is 499 g/mol. The molecule has 5 atom stereocenters. The van der Waals surface area contributed by atoms with E-state index in [9.17, 15) is 23.7 Å². The first-order valence-corrected chi connectivity index (χ1v) is 12.8. The van der Waals surface area contributed by atoms with Crippen LogP contribution in [0.3, 0.4) is 0 Å². The first kappa shape index (κ1) is 27.1. The van der Waals surface area contributed by atoms with Crippen molar-refractivity contribution in [1.29, 1.82) is 0 Å². The third-order valence-electron chi connectivity index (χ3n) is 3.79. The third-order valence-corrected chi connectivity index (χ3v) is 6.36. The van der Waals surface area contributed by atoms with Crippen molar-refractivity contribution in [2.75, 3.05) is 12.3 Å². The van der Waals surface area contributed by atoms with Gasteiger partial charge in [0.25, 0.3) is 0 Å². The van der Waals surface area contributed by atoms with Crippen LogP contribution in [-0.4, -0.2) is 49.4 Å². The van der Waals surface area contributed by atoms with Gasteiger partial charge in [0.1, 0.15) is 24.3 Å². The van der Waals surface area contributed by atoms with E-state index in [1.165, 1.54) is 12.3 Å². The van der Waals surface area contributed by atoms with Crippen LogP contribution >= 0.6 is 15.6 Å². The average Bonchev–Trinajstić information content (AvgIpc) is 2.90. The fraction of sp³-hybridized carbons (Fsp3) is 0.765. The monoisotopic (exact) mass is 499 g/mol. The number of nitrogen functional groups attached to an aromatic ring is 1. The van der Waals surface area contributed by atoms with Crippen molar-refractivity contribution in [2.24, 2.45) is 0 Å². The van der Waals surface area contributed by atoms with Gasteiger partial charge in [-0.05, 0) is 47.6 Å². The van der Waals surface area contributed by atoms with Crippen molar-refractivity contribution in [3.05, 3.63) is 22.7 Å². The van der Waals surface area contributed by atoms with Gasteiger partial charge in [-0.2, -0.15) is 4.98 Å². The number of hydrogen-bond donors (Lipinski definition) is 3. The summed E-state index contributed by atoms with van der Waals surface area (Å²) in [5.41, 5.74) is 2.83. The van der Waals surface area contributed by atoms with Crippen molar-refractivity contribution in [2.45, 2.75) is 77.6 Å². The Labute approximate surface area is 186 Å². The summed E-state index contributed by atoms with van der Waals surface area (Å²) in [5, 5.41) is 0. The Hall–Kier alpha value is -1.14. The van der Waals surface area contributed by atoms with E-state index in [1.807, 2.05) is 0 Å². The Kier molecular flexibility index (Phi) is 8.14. The SMILES string of the molecule is CC(C)(C)OP(=O)(O)OC[C@H]1O[C@@H](n2ccc(N)nc2=O)C[C@H]1OP(=O)(O)OC(C)(C)C. The van der Waals surface area contributed by atoms with E-state index < -0.39 is 57.6 Å². The molecule has 1 aromatic heterocycles. The van der Waals surface area contributed by atoms with E-state index in [2.05, 4.69) is 4.98 Å². The standard InChI is InChI=1S/C17H31N3O10P2/c1-16(2,3)29-31(22,23)26-10-12-11(28-32(24,25)30-17(4,5)6)9-14(27-12)20-8-7-13(18)19-15(20)21/h7-8,11-12,14H,9-10H2,1-6H3,(H,22,23)(H,24,25)(H2,18,19,21)/t11-,12-,14-/m1/s1. The third kappa shape index (κ3) is 8.66. The van der Waals surface area contributed by atoms with Crippen LogP contribution in [0.1, 0.15) is 54.2 Å². The molecule has 0 saturated carbocycles. The molecular formula is C17H31N3O10P2.